The number of halogens is 2. The molecule has 1 aromatic heterocycles. The topological polar surface area (TPSA) is 122 Å². The van der Waals surface area contributed by atoms with Crippen molar-refractivity contribution in [1.82, 2.24) is 15.0 Å². The zero-order chi connectivity index (χ0) is 27.8. The molecule has 0 saturated heterocycles. The normalized spacial score (nSPS) is 21.9. The number of hydrogen-bond donors (Lipinski definition) is 3. The van der Waals surface area contributed by atoms with Gasteiger partial charge in [0, 0.05) is 17.1 Å². The fourth-order valence-electron chi connectivity index (χ4n) is 5.16. The summed E-state index contributed by atoms with van der Waals surface area (Å²) in [6.07, 6.45) is 7.03. The van der Waals surface area contributed by atoms with E-state index >= 15 is 0 Å². The molecule has 3 N–H and O–H groups in total. The van der Waals surface area contributed by atoms with Gasteiger partial charge in [0.25, 0.3) is 5.89 Å². The fraction of sp³-hybridized carbons (Fsp3) is 0.556. The third-order valence-electron chi connectivity index (χ3n) is 7.04. The summed E-state index contributed by atoms with van der Waals surface area (Å²) in [6, 6.07) is 3.05. The molecule has 2 fully saturated rings. The van der Waals surface area contributed by atoms with Gasteiger partial charge in [-0.15, -0.1) is 0 Å². The molecule has 1 unspecified atom stereocenters. The van der Waals surface area contributed by atoms with E-state index < -0.39 is 33.0 Å². The number of amides is 1. The standard InChI is InChI=1S/C27H35Cl2N3O5S/c1-27(2,3)32-38(4,36)20-11-10-18(21(28)22(20)29)23-19(12-15-8-6-5-7-9-15)31-25(37-23)24(33)30-17-13-16(14-17)26(34)35/h10-11,15-17H,4-9,12-14H2,1-3H3,(H,30,33)(H,32,36)(H,34,35). The maximum atomic E-state index is 13.4. The number of benzene rings is 1. The second kappa shape index (κ2) is 11.2. The van der Waals surface area contributed by atoms with Gasteiger partial charge >= 0.3 is 11.9 Å². The molecule has 2 saturated carbocycles. The van der Waals surface area contributed by atoms with E-state index in [0.717, 1.165) is 25.7 Å². The molecule has 1 atom stereocenters. The lowest BCUT2D eigenvalue weighted by atomic mass is 9.80. The lowest BCUT2D eigenvalue weighted by molar-refractivity contribution is -0.145. The first-order chi connectivity index (χ1) is 17.7. The van der Waals surface area contributed by atoms with Gasteiger partial charge in [-0.25, -0.2) is 13.9 Å². The molecule has 208 valence electrons. The van der Waals surface area contributed by atoms with Crippen LogP contribution in [-0.4, -0.2) is 43.6 Å². The van der Waals surface area contributed by atoms with Crippen LogP contribution < -0.4 is 10.0 Å². The first-order valence-corrected chi connectivity index (χ1v) is 15.4. The lowest BCUT2D eigenvalue weighted by Crippen LogP contribution is -2.46. The zero-order valence-electron chi connectivity index (χ0n) is 21.9. The number of carboxylic acid groups (broad SMARTS) is 1. The summed E-state index contributed by atoms with van der Waals surface area (Å²) < 4.78 is 22.4. The fourth-order valence-corrected chi connectivity index (χ4v) is 7.78. The van der Waals surface area contributed by atoms with Crippen LogP contribution in [0.15, 0.2) is 21.4 Å². The minimum Gasteiger partial charge on any atom is -0.481 e. The van der Waals surface area contributed by atoms with Crippen LogP contribution in [0.5, 0.6) is 0 Å². The van der Waals surface area contributed by atoms with E-state index in [1.54, 1.807) is 12.1 Å². The van der Waals surface area contributed by atoms with Crippen LogP contribution in [-0.2, 0) is 20.9 Å². The Balaban J connectivity index is 1.66. The molecule has 11 heteroatoms. The van der Waals surface area contributed by atoms with Crippen molar-refractivity contribution in [3.05, 3.63) is 33.8 Å². The summed E-state index contributed by atoms with van der Waals surface area (Å²) in [6.45, 7) is 5.64. The van der Waals surface area contributed by atoms with E-state index in [4.69, 9.17) is 32.7 Å². The Morgan fingerprint density at radius 1 is 1.16 bits per heavy atom. The van der Waals surface area contributed by atoms with Crippen molar-refractivity contribution in [2.24, 2.45) is 11.8 Å². The van der Waals surface area contributed by atoms with Gasteiger partial charge in [-0.05, 0) is 64.0 Å². The Labute approximate surface area is 234 Å². The first kappa shape index (κ1) is 28.9. The molecule has 2 aromatic rings. The van der Waals surface area contributed by atoms with Crippen molar-refractivity contribution in [3.8, 4) is 11.3 Å². The Morgan fingerprint density at radius 2 is 1.82 bits per heavy atom. The Kier molecular flexibility index (Phi) is 8.52. The summed E-state index contributed by atoms with van der Waals surface area (Å²) in [5.41, 5.74) is 0.602. The predicted molar refractivity (Wildman–Crippen MR) is 150 cm³/mol. The molecule has 0 radical (unpaired) electrons. The Morgan fingerprint density at radius 3 is 2.42 bits per heavy atom. The second-order valence-electron chi connectivity index (χ2n) is 11.4. The average Bonchev–Trinajstić information content (AvgIpc) is 3.19. The Hall–Kier alpha value is -2.07. The molecule has 0 aliphatic heterocycles. The van der Waals surface area contributed by atoms with Gasteiger partial charge in [0.2, 0.25) is 0 Å². The van der Waals surface area contributed by atoms with Gasteiger partial charge in [0.15, 0.2) is 5.76 Å². The number of aliphatic carboxylic acids is 1. The molecule has 1 heterocycles. The van der Waals surface area contributed by atoms with E-state index in [-0.39, 0.29) is 26.9 Å². The van der Waals surface area contributed by atoms with Crippen LogP contribution in [0, 0.1) is 11.8 Å². The van der Waals surface area contributed by atoms with Gasteiger partial charge in [-0.3, -0.25) is 9.59 Å². The van der Waals surface area contributed by atoms with Crippen LogP contribution in [0.2, 0.25) is 10.0 Å². The van der Waals surface area contributed by atoms with Gasteiger partial charge in [-0.2, -0.15) is 0 Å². The van der Waals surface area contributed by atoms with Gasteiger partial charge in [0.05, 0.1) is 36.3 Å². The minimum absolute atomic E-state index is 0.0983. The van der Waals surface area contributed by atoms with Gasteiger partial charge in [0.1, 0.15) is 0 Å². The predicted octanol–water partition coefficient (Wildman–Crippen LogP) is 5.74. The maximum Gasteiger partial charge on any atom is 0.307 e. The maximum absolute atomic E-state index is 13.4. The van der Waals surface area contributed by atoms with Crippen LogP contribution in [0.1, 0.15) is 82.1 Å². The molecule has 0 spiro atoms. The monoisotopic (exact) mass is 583 g/mol. The number of nitrogens with one attached hydrogen (secondary N) is 2. The number of nitrogens with zero attached hydrogens (tertiary/aromatic N) is 1. The van der Waals surface area contributed by atoms with Gasteiger partial charge < -0.3 is 14.8 Å². The number of aromatic nitrogens is 1. The van der Waals surface area contributed by atoms with Gasteiger partial charge in [-0.1, -0.05) is 55.3 Å². The number of hydrogen-bond acceptors (Lipinski definition) is 5. The zero-order valence-corrected chi connectivity index (χ0v) is 24.3. The van der Waals surface area contributed by atoms with Crippen LogP contribution >= 0.6 is 23.2 Å². The highest BCUT2D eigenvalue weighted by molar-refractivity contribution is 7.98. The smallest absolute Gasteiger partial charge is 0.307 e. The molecular weight excluding hydrogens is 549 g/mol. The lowest BCUT2D eigenvalue weighted by Gasteiger charge is -2.32. The van der Waals surface area contributed by atoms with E-state index in [9.17, 15) is 13.8 Å². The molecule has 4 rings (SSSR count). The molecule has 38 heavy (non-hydrogen) atoms. The summed E-state index contributed by atoms with van der Waals surface area (Å²) in [5, 5.41) is 12.2. The largest absolute Gasteiger partial charge is 0.481 e. The third-order valence-corrected chi connectivity index (χ3v) is 10.0. The number of oxazole rings is 1. The molecule has 1 amide bonds. The van der Waals surface area contributed by atoms with E-state index in [1.165, 1.54) is 6.42 Å². The molecule has 0 bridgehead atoms. The van der Waals surface area contributed by atoms with Crippen molar-refractivity contribution < 1.29 is 23.3 Å². The SMILES string of the molecule is C=S(=O)(NC(C)(C)C)c1ccc(-c2oc(C(=O)NC3CC(C(=O)O)C3)nc2CC2CCCCC2)c(Cl)c1Cl. The number of carboxylic acids is 1. The van der Waals surface area contributed by atoms with Crippen LogP contribution in [0.4, 0.5) is 0 Å². The summed E-state index contributed by atoms with van der Waals surface area (Å²) in [5.74, 6) is 2.72. The Bertz CT molecular complexity index is 1320. The van der Waals surface area contributed by atoms with E-state index in [1.807, 2.05) is 20.8 Å². The summed E-state index contributed by atoms with van der Waals surface area (Å²) in [4.78, 5) is 28.9. The molecule has 2 aliphatic carbocycles. The molecule has 2 aliphatic rings. The third kappa shape index (κ3) is 6.55. The summed E-state index contributed by atoms with van der Waals surface area (Å²) in [7, 11) is -2.95. The van der Waals surface area contributed by atoms with Crippen molar-refractivity contribution in [2.75, 3.05) is 0 Å². The van der Waals surface area contributed by atoms with Crippen molar-refractivity contribution >= 4 is 50.7 Å². The highest BCUT2D eigenvalue weighted by atomic mass is 35.5. The molecular formula is C27H35Cl2N3O5S. The minimum atomic E-state index is -2.95. The highest BCUT2D eigenvalue weighted by Gasteiger charge is 2.36. The van der Waals surface area contributed by atoms with Crippen molar-refractivity contribution in [2.45, 2.75) is 88.6 Å². The van der Waals surface area contributed by atoms with E-state index in [2.05, 4.69) is 20.9 Å². The first-order valence-electron chi connectivity index (χ1n) is 12.9. The van der Waals surface area contributed by atoms with E-state index in [0.29, 0.717) is 42.2 Å². The quantitative estimate of drug-likeness (QED) is 0.340. The average molecular weight is 585 g/mol. The van der Waals surface area contributed by atoms with Crippen LogP contribution in [0.25, 0.3) is 11.3 Å². The molecule has 1 aromatic carbocycles. The van der Waals surface area contributed by atoms with Crippen LogP contribution in [0.3, 0.4) is 0 Å². The van der Waals surface area contributed by atoms with Crippen molar-refractivity contribution in [3.63, 3.8) is 0 Å². The number of carbonyl (C=O) groups excluding carboxylic acids is 1. The van der Waals surface area contributed by atoms with Crippen molar-refractivity contribution in [1.29, 1.82) is 0 Å². The highest BCUT2D eigenvalue weighted by Crippen LogP contribution is 2.41. The second-order valence-corrected chi connectivity index (χ2v) is 14.2. The summed E-state index contributed by atoms with van der Waals surface area (Å²) >= 11 is 13.3. The molecule has 8 nitrogen and oxygen atoms in total. The number of carbonyl (C=O) groups is 2. The number of rotatable bonds is 8.